The Kier molecular flexibility index (Phi) is 5.19. The molecule has 1 N–H and O–H groups in total. The molecule has 1 amide bonds. The fourth-order valence-electron chi connectivity index (χ4n) is 1.64. The van der Waals surface area contributed by atoms with Crippen LogP contribution in [0.2, 0.25) is 10.0 Å². The minimum absolute atomic E-state index is 0.0248. The van der Waals surface area contributed by atoms with Crippen molar-refractivity contribution >= 4 is 40.5 Å². The standard InChI is InChI=1S/C14H10Cl2N2O4/c15-10-6-5-9(7-11(10)16)17-14(19)8-22-13-4-2-1-3-12(13)18(20)21/h1-7H,8H2,(H,17,19). The predicted octanol–water partition coefficient (Wildman–Crippen LogP) is 3.92. The Morgan fingerprint density at radius 3 is 2.59 bits per heavy atom. The van der Waals surface area contributed by atoms with Gasteiger partial charge in [-0.3, -0.25) is 14.9 Å². The molecule has 0 bridgehead atoms. The van der Waals surface area contributed by atoms with Gasteiger partial charge in [0.25, 0.3) is 5.91 Å². The Morgan fingerprint density at radius 1 is 1.18 bits per heavy atom. The summed E-state index contributed by atoms with van der Waals surface area (Å²) in [6, 6.07) is 10.4. The molecule has 0 aliphatic rings. The second-order valence-corrected chi connectivity index (χ2v) is 5.00. The SMILES string of the molecule is O=C(COc1ccccc1[N+](=O)[O-])Nc1ccc(Cl)c(Cl)c1. The summed E-state index contributed by atoms with van der Waals surface area (Å²) >= 11 is 11.6. The van der Waals surface area contributed by atoms with Gasteiger partial charge in [0.15, 0.2) is 12.4 Å². The van der Waals surface area contributed by atoms with Gasteiger partial charge < -0.3 is 10.1 Å². The van der Waals surface area contributed by atoms with Crippen LogP contribution in [0.15, 0.2) is 42.5 Å². The Labute approximate surface area is 135 Å². The van der Waals surface area contributed by atoms with Gasteiger partial charge in [-0.15, -0.1) is 0 Å². The highest BCUT2D eigenvalue weighted by Gasteiger charge is 2.15. The molecule has 0 aliphatic carbocycles. The van der Waals surface area contributed by atoms with E-state index in [0.717, 1.165) is 0 Å². The third-order valence-corrected chi connectivity index (χ3v) is 3.36. The number of carbonyl (C=O) groups is 1. The number of nitro groups is 1. The van der Waals surface area contributed by atoms with E-state index in [0.29, 0.717) is 15.7 Å². The van der Waals surface area contributed by atoms with Gasteiger partial charge in [-0.25, -0.2) is 0 Å². The van der Waals surface area contributed by atoms with E-state index in [2.05, 4.69) is 5.32 Å². The Balaban J connectivity index is 1.98. The molecular formula is C14H10Cl2N2O4. The Bertz CT molecular complexity index is 722. The minimum Gasteiger partial charge on any atom is -0.477 e. The number of hydrogen-bond donors (Lipinski definition) is 1. The van der Waals surface area contributed by atoms with Crippen LogP contribution in [-0.2, 0) is 4.79 Å². The average Bonchev–Trinajstić information content (AvgIpc) is 2.49. The van der Waals surface area contributed by atoms with Gasteiger partial charge in [-0.05, 0) is 24.3 Å². The number of nitro benzene ring substituents is 1. The molecule has 0 saturated carbocycles. The summed E-state index contributed by atoms with van der Waals surface area (Å²) in [4.78, 5) is 22.0. The largest absolute Gasteiger partial charge is 0.477 e. The summed E-state index contributed by atoms with van der Waals surface area (Å²) in [5.74, 6) is -0.451. The van der Waals surface area contributed by atoms with E-state index in [9.17, 15) is 14.9 Å². The number of nitrogens with zero attached hydrogens (tertiary/aromatic N) is 1. The summed E-state index contributed by atoms with van der Waals surface area (Å²) < 4.78 is 5.17. The number of halogens is 2. The predicted molar refractivity (Wildman–Crippen MR) is 83.7 cm³/mol. The van der Waals surface area contributed by atoms with Crippen molar-refractivity contribution in [1.82, 2.24) is 0 Å². The van der Waals surface area contributed by atoms with Crippen molar-refractivity contribution in [3.63, 3.8) is 0 Å². The average molecular weight is 341 g/mol. The molecule has 0 aromatic heterocycles. The molecule has 8 heteroatoms. The van der Waals surface area contributed by atoms with E-state index in [1.54, 1.807) is 18.2 Å². The van der Waals surface area contributed by atoms with Gasteiger partial charge in [0.05, 0.1) is 15.0 Å². The van der Waals surface area contributed by atoms with Crippen molar-refractivity contribution in [3.8, 4) is 5.75 Å². The maximum Gasteiger partial charge on any atom is 0.310 e. The molecule has 0 saturated heterocycles. The number of nitrogens with one attached hydrogen (secondary N) is 1. The molecule has 0 fully saturated rings. The van der Waals surface area contributed by atoms with Crippen LogP contribution in [0.4, 0.5) is 11.4 Å². The smallest absolute Gasteiger partial charge is 0.310 e. The van der Waals surface area contributed by atoms with Gasteiger partial charge >= 0.3 is 5.69 Å². The molecule has 2 aromatic rings. The third-order valence-electron chi connectivity index (χ3n) is 2.62. The molecule has 0 spiro atoms. The first-order chi connectivity index (χ1) is 10.5. The normalized spacial score (nSPS) is 10.1. The van der Waals surface area contributed by atoms with Crippen LogP contribution in [-0.4, -0.2) is 17.4 Å². The molecule has 114 valence electrons. The second-order valence-electron chi connectivity index (χ2n) is 4.19. The summed E-state index contributed by atoms with van der Waals surface area (Å²) in [6.07, 6.45) is 0. The lowest BCUT2D eigenvalue weighted by Crippen LogP contribution is -2.20. The molecular weight excluding hydrogens is 331 g/mol. The van der Waals surface area contributed by atoms with Crippen LogP contribution in [0.3, 0.4) is 0 Å². The molecule has 0 atom stereocenters. The zero-order chi connectivity index (χ0) is 16.1. The Hall–Kier alpha value is -2.31. The number of carbonyl (C=O) groups excluding carboxylic acids is 1. The second kappa shape index (κ2) is 7.11. The van der Waals surface area contributed by atoms with E-state index in [1.165, 1.54) is 24.3 Å². The van der Waals surface area contributed by atoms with Crippen molar-refractivity contribution in [2.24, 2.45) is 0 Å². The molecule has 6 nitrogen and oxygen atoms in total. The first-order valence-corrected chi connectivity index (χ1v) is 6.84. The highest BCUT2D eigenvalue weighted by molar-refractivity contribution is 6.42. The van der Waals surface area contributed by atoms with Crippen molar-refractivity contribution in [3.05, 3.63) is 62.6 Å². The van der Waals surface area contributed by atoms with Crippen LogP contribution < -0.4 is 10.1 Å². The number of benzene rings is 2. The zero-order valence-corrected chi connectivity index (χ0v) is 12.6. The van der Waals surface area contributed by atoms with Crippen molar-refractivity contribution in [2.45, 2.75) is 0 Å². The summed E-state index contributed by atoms with van der Waals surface area (Å²) in [5.41, 5.74) is 0.246. The molecule has 0 heterocycles. The monoisotopic (exact) mass is 340 g/mol. The van der Waals surface area contributed by atoms with Crippen LogP contribution in [0.1, 0.15) is 0 Å². The van der Waals surface area contributed by atoms with Crippen LogP contribution in [0.5, 0.6) is 5.75 Å². The van der Waals surface area contributed by atoms with Crippen LogP contribution >= 0.6 is 23.2 Å². The van der Waals surface area contributed by atoms with Crippen LogP contribution in [0, 0.1) is 10.1 Å². The third kappa shape index (κ3) is 4.09. The van der Waals surface area contributed by atoms with E-state index in [-0.39, 0.29) is 18.0 Å². The quantitative estimate of drug-likeness (QED) is 0.660. The van der Waals surface area contributed by atoms with E-state index in [1.807, 2.05) is 0 Å². The fraction of sp³-hybridized carbons (Fsp3) is 0.0714. The lowest BCUT2D eigenvalue weighted by molar-refractivity contribution is -0.385. The first-order valence-electron chi connectivity index (χ1n) is 6.08. The number of anilines is 1. The van der Waals surface area contributed by atoms with Gasteiger partial charge in [0, 0.05) is 11.8 Å². The zero-order valence-electron chi connectivity index (χ0n) is 11.1. The highest BCUT2D eigenvalue weighted by Crippen LogP contribution is 2.26. The lowest BCUT2D eigenvalue weighted by Gasteiger charge is -2.08. The van der Waals surface area contributed by atoms with Gasteiger partial charge in [-0.1, -0.05) is 35.3 Å². The van der Waals surface area contributed by atoms with E-state index in [4.69, 9.17) is 27.9 Å². The van der Waals surface area contributed by atoms with Crippen molar-refractivity contribution in [1.29, 1.82) is 0 Å². The number of rotatable bonds is 5. The highest BCUT2D eigenvalue weighted by atomic mass is 35.5. The number of hydrogen-bond acceptors (Lipinski definition) is 4. The minimum atomic E-state index is -0.577. The summed E-state index contributed by atoms with van der Waals surface area (Å²) in [7, 11) is 0. The molecule has 2 aromatic carbocycles. The lowest BCUT2D eigenvalue weighted by atomic mass is 10.3. The van der Waals surface area contributed by atoms with Gasteiger partial charge in [0.1, 0.15) is 0 Å². The topological polar surface area (TPSA) is 81.5 Å². The summed E-state index contributed by atoms with van der Waals surface area (Å²) in [6.45, 7) is -0.370. The molecule has 0 radical (unpaired) electrons. The maximum absolute atomic E-state index is 11.8. The number of para-hydroxylation sites is 2. The van der Waals surface area contributed by atoms with Crippen LogP contribution in [0.25, 0.3) is 0 Å². The molecule has 0 aliphatic heterocycles. The number of amides is 1. The van der Waals surface area contributed by atoms with E-state index < -0.39 is 10.8 Å². The van der Waals surface area contributed by atoms with Gasteiger partial charge in [0.2, 0.25) is 0 Å². The summed E-state index contributed by atoms with van der Waals surface area (Å²) in [5, 5.41) is 14.1. The maximum atomic E-state index is 11.8. The van der Waals surface area contributed by atoms with Crippen molar-refractivity contribution in [2.75, 3.05) is 11.9 Å². The molecule has 0 unspecified atom stereocenters. The van der Waals surface area contributed by atoms with E-state index >= 15 is 0 Å². The first kappa shape index (κ1) is 16.1. The van der Waals surface area contributed by atoms with Gasteiger partial charge in [-0.2, -0.15) is 0 Å². The van der Waals surface area contributed by atoms with Crippen molar-refractivity contribution < 1.29 is 14.5 Å². The molecule has 22 heavy (non-hydrogen) atoms. The number of ether oxygens (including phenoxy) is 1. The molecule has 2 rings (SSSR count). The fourth-order valence-corrected chi connectivity index (χ4v) is 1.94. The Morgan fingerprint density at radius 2 is 1.91 bits per heavy atom.